The first-order valence-electron chi connectivity index (χ1n) is 5.03. The molecule has 0 aliphatic carbocycles. The Labute approximate surface area is 98.0 Å². The molecule has 1 aromatic rings. The Morgan fingerprint density at radius 2 is 2.33 bits per heavy atom. The summed E-state index contributed by atoms with van der Waals surface area (Å²) in [5, 5.41) is 5.01. The van der Waals surface area contributed by atoms with Crippen LogP contribution in [0.5, 0.6) is 0 Å². The van der Waals surface area contributed by atoms with E-state index in [1.807, 2.05) is 18.9 Å². The van der Waals surface area contributed by atoms with Crippen molar-refractivity contribution in [3.8, 4) is 0 Å². The van der Waals surface area contributed by atoms with Crippen LogP contribution in [0.1, 0.15) is 13.3 Å². The van der Waals surface area contributed by atoms with Gasteiger partial charge in [0.1, 0.15) is 0 Å². The molecule has 0 aliphatic rings. The summed E-state index contributed by atoms with van der Waals surface area (Å²) in [6.07, 6.45) is 2.65. The van der Waals surface area contributed by atoms with Gasteiger partial charge >= 0.3 is 0 Å². The highest BCUT2D eigenvalue weighted by molar-refractivity contribution is 9.09. The Bertz CT molecular complexity index is 364. The first-order chi connectivity index (χ1) is 7.19. The van der Waals surface area contributed by atoms with Crippen LogP contribution in [-0.4, -0.2) is 28.7 Å². The smallest absolute Gasteiger partial charge is 0.268 e. The number of hydrogen-bond acceptors (Lipinski definition) is 3. The number of halogens is 1. The number of aromatic nitrogens is 2. The zero-order valence-electron chi connectivity index (χ0n) is 9.11. The topological polar surface area (TPSA) is 38.1 Å². The van der Waals surface area contributed by atoms with Gasteiger partial charge in [0.05, 0.1) is 11.9 Å². The van der Waals surface area contributed by atoms with Gasteiger partial charge in [0.15, 0.2) is 0 Å². The van der Waals surface area contributed by atoms with Crippen molar-refractivity contribution in [3.05, 3.63) is 22.6 Å². The maximum absolute atomic E-state index is 11.6. The number of hydrogen-bond donors (Lipinski definition) is 0. The Kier molecular flexibility index (Phi) is 4.81. The fourth-order valence-electron chi connectivity index (χ4n) is 1.19. The van der Waals surface area contributed by atoms with Gasteiger partial charge in [-0.1, -0.05) is 15.9 Å². The van der Waals surface area contributed by atoms with E-state index in [-0.39, 0.29) is 5.56 Å². The minimum Gasteiger partial charge on any atom is -0.373 e. The summed E-state index contributed by atoms with van der Waals surface area (Å²) < 4.78 is 1.49. The summed E-state index contributed by atoms with van der Waals surface area (Å²) in [6.45, 7) is 3.57. The van der Waals surface area contributed by atoms with E-state index in [2.05, 4.69) is 21.0 Å². The fourth-order valence-corrected chi connectivity index (χ4v) is 1.44. The second kappa shape index (κ2) is 5.90. The molecule has 0 bridgehead atoms. The molecular weight excluding hydrogens is 258 g/mol. The van der Waals surface area contributed by atoms with Gasteiger partial charge in [-0.15, -0.1) is 0 Å². The molecule has 15 heavy (non-hydrogen) atoms. The van der Waals surface area contributed by atoms with Crippen LogP contribution in [0.4, 0.5) is 5.69 Å². The first kappa shape index (κ1) is 12.2. The Morgan fingerprint density at radius 1 is 1.60 bits per heavy atom. The highest BCUT2D eigenvalue weighted by Gasteiger charge is 2.02. The molecule has 0 saturated carbocycles. The lowest BCUT2D eigenvalue weighted by Gasteiger charge is -2.16. The van der Waals surface area contributed by atoms with E-state index < -0.39 is 0 Å². The van der Waals surface area contributed by atoms with Gasteiger partial charge in [0.25, 0.3) is 5.56 Å². The average molecular weight is 274 g/mol. The maximum Gasteiger partial charge on any atom is 0.268 e. The molecule has 0 fully saturated rings. The molecule has 5 heteroatoms. The maximum atomic E-state index is 11.6. The van der Waals surface area contributed by atoms with E-state index in [0.717, 1.165) is 24.0 Å². The lowest BCUT2D eigenvalue weighted by Crippen LogP contribution is -2.25. The standard InChI is InChI=1S/C10H16BrN3O/c1-3-13(2)9-7-10(15)14(12-8-9)6-4-5-11/h7-8H,3-6H2,1-2H3. The lowest BCUT2D eigenvalue weighted by atomic mass is 10.4. The van der Waals surface area contributed by atoms with Crippen molar-refractivity contribution in [2.45, 2.75) is 19.9 Å². The predicted molar refractivity (Wildman–Crippen MR) is 65.9 cm³/mol. The summed E-state index contributed by atoms with van der Waals surface area (Å²) in [7, 11) is 1.94. The SMILES string of the molecule is CCN(C)c1cnn(CCCBr)c(=O)c1. The molecule has 0 radical (unpaired) electrons. The van der Waals surface area contributed by atoms with Gasteiger partial charge in [0.2, 0.25) is 0 Å². The van der Waals surface area contributed by atoms with Crippen molar-refractivity contribution in [1.29, 1.82) is 0 Å². The van der Waals surface area contributed by atoms with Gasteiger partial charge < -0.3 is 4.90 Å². The Balaban J connectivity index is 2.83. The van der Waals surface area contributed by atoms with Gasteiger partial charge in [-0.3, -0.25) is 4.79 Å². The highest BCUT2D eigenvalue weighted by atomic mass is 79.9. The molecule has 0 N–H and O–H groups in total. The van der Waals surface area contributed by atoms with Gasteiger partial charge in [-0.2, -0.15) is 5.10 Å². The number of alkyl halides is 1. The molecule has 0 amide bonds. The minimum atomic E-state index is -0.0336. The normalized spacial score (nSPS) is 10.3. The lowest BCUT2D eigenvalue weighted by molar-refractivity contribution is 0.571. The second-order valence-corrected chi connectivity index (χ2v) is 4.12. The highest BCUT2D eigenvalue weighted by Crippen LogP contribution is 2.05. The second-order valence-electron chi connectivity index (χ2n) is 3.33. The van der Waals surface area contributed by atoms with Crippen molar-refractivity contribution < 1.29 is 0 Å². The van der Waals surface area contributed by atoms with E-state index in [1.54, 1.807) is 12.3 Å². The van der Waals surface area contributed by atoms with Crippen LogP contribution in [0, 0.1) is 0 Å². The van der Waals surface area contributed by atoms with E-state index >= 15 is 0 Å². The van der Waals surface area contributed by atoms with Crippen LogP contribution < -0.4 is 10.5 Å². The number of rotatable bonds is 5. The zero-order valence-corrected chi connectivity index (χ0v) is 10.7. The van der Waals surface area contributed by atoms with Crippen LogP contribution in [0.3, 0.4) is 0 Å². The molecule has 1 heterocycles. The third-order valence-corrected chi connectivity index (χ3v) is 2.83. The molecule has 0 aliphatic heterocycles. The largest absolute Gasteiger partial charge is 0.373 e. The van der Waals surface area contributed by atoms with Crippen LogP contribution in [0.2, 0.25) is 0 Å². The summed E-state index contributed by atoms with van der Waals surface area (Å²) >= 11 is 3.33. The van der Waals surface area contributed by atoms with E-state index in [9.17, 15) is 4.79 Å². The number of anilines is 1. The first-order valence-corrected chi connectivity index (χ1v) is 6.15. The third kappa shape index (κ3) is 3.34. The van der Waals surface area contributed by atoms with Crippen molar-refractivity contribution in [3.63, 3.8) is 0 Å². The van der Waals surface area contributed by atoms with Gasteiger partial charge in [0, 0.05) is 31.5 Å². The van der Waals surface area contributed by atoms with E-state index in [0.29, 0.717) is 6.54 Å². The monoisotopic (exact) mass is 273 g/mol. The molecule has 4 nitrogen and oxygen atoms in total. The molecule has 0 saturated heterocycles. The van der Waals surface area contributed by atoms with Crippen LogP contribution in [0.25, 0.3) is 0 Å². The molecule has 0 spiro atoms. The Morgan fingerprint density at radius 3 is 2.87 bits per heavy atom. The van der Waals surface area contributed by atoms with Crippen molar-refractivity contribution in [1.82, 2.24) is 9.78 Å². The third-order valence-electron chi connectivity index (χ3n) is 2.27. The van der Waals surface area contributed by atoms with Gasteiger partial charge in [-0.25, -0.2) is 4.68 Å². The minimum absolute atomic E-state index is 0.0336. The molecular formula is C10H16BrN3O. The van der Waals surface area contributed by atoms with Crippen molar-refractivity contribution in [2.24, 2.45) is 0 Å². The van der Waals surface area contributed by atoms with Crippen LogP contribution in [0.15, 0.2) is 17.1 Å². The zero-order chi connectivity index (χ0) is 11.3. The molecule has 84 valence electrons. The van der Waals surface area contributed by atoms with Crippen LogP contribution in [-0.2, 0) is 6.54 Å². The summed E-state index contributed by atoms with van der Waals surface area (Å²) in [6, 6.07) is 1.63. The molecule has 0 atom stereocenters. The van der Waals surface area contributed by atoms with Crippen LogP contribution >= 0.6 is 15.9 Å². The molecule has 1 aromatic heterocycles. The molecule has 1 rings (SSSR count). The predicted octanol–water partition coefficient (Wildman–Crippen LogP) is 1.48. The fraction of sp³-hybridized carbons (Fsp3) is 0.600. The summed E-state index contributed by atoms with van der Waals surface area (Å²) in [4.78, 5) is 13.6. The quantitative estimate of drug-likeness (QED) is 0.763. The van der Waals surface area contributed by atoms with E-state index in [1.165, 1.54) is 4.68 Å². The number of nitrogens with zero attached hydrogens (tertiary/aromatic N) is 3. The number of aryl methyl sites for hydroxylation is 1. The van der Waals surface area contributed by atoms with E-state index in [4.69, 9.17) is 0 Å². The van der Waals surface area contributed by atoms with Crippen molar-refractivity contribution >= 4 is 21.6 Å². The Hall–Kier alpha value is -0.840. The van der Waals surface area contributed by atoms with Crippen molar-refractivity contribution in [2.75, 3.05) is 23.8 Å². The molecule has 0 aromatic carbocycles. The summed E-state index contributed by atoms with van der Waals surface area (Å²) in [5.74, 6) is 0. The van der Waals surface area contributed by atoms with Gasteiger partial charge in [-0.05, 0) is 13.3 Å². The average Bonchev–Trinajstić information content (AvgIpc) is 2.26. The summed E-state index contributed by atoms with van der Waals surface area (Å²) in [5.41, 5.74) is 0.839. The molecule has 0 unspecified atom stereocenters.